The van der Waals surface area contributed by atoms with Gasteiger partial charge in [-0.3, -0.25) is 25.2 Å². The minimum Gasteiger partial charge on any atom is -0.467 e. The fraction of sp³-hybridized carbons (Fsp3) is 0.148. The van der Waals surface area contributed by atoms with Gasteiger partial charge in [0, 0.05) is 25.3 Å². The quantitative estimate of drug-likeness (QED) is 0.320. The van der Waals surface area contributed by atoms with E-state index >= 15 is 0 Å². The summed E-state index contributed by atoms with van der Waals surface area (Å²) in [6.07, 6.45) is 3.16. The molecule has 0 aliphatic carbocycles. The number of hydrogen-bond donors (Lipinski definition) is 2. The normalized spacial score (nSPS) is 14.5. The summed E-state index contributed by atoms with van der Waals surface area (Å²) >= 11 is 0. The summed E-state index contributed by atoms with van der Waals surface area (Å²) in [6.45, 7) is 0.0597. The van der Waals surface area contributed by atoms with Crippen molar-refractivity contribution in [3.05, 3.63) is 79.2 Å². The highest BCUT2D eigenvalue weighted by Crippen LogP contribution is 2.30. The summed E-state index contributed by atoms with van der Waals surface area (Å²) in [6, 6.07) is 18.2. The van der Waals surface area contributed by atoms with Crippen LogP contribution < -0.4 is 20.1 Å². The fourth-order valence-electron chi connectivity index (χ4n) is 3.78. The number of oxazole rings is 1. The van der Waals surface area contributed by atoms with Crippen LogP contribution in [0.25, 0.3) is 22.8 Å². The number of imide groups is 2. The Morgan fingerprint density at radius 3 is 2.13 bits per heavy atom. The second-order valence-electron chi connectivity index (χ2n) is 8.26. The first-order chi connectivity index (χ1) is 18.5. The van der Waals surface area contributed by atoms with E-state index in [2.05, 4.69) is 20.6 Å². The van der Waals surface area contributed by atoms with Crippen molar-refractivity contribution in [2.45, 2.75) is 12.0 Å². The van der Waals surface area contributed by atoms with Crippen LogP contribution in [-0.4, -0.2) is 47.1 Å². The molecule has 0 atom stereocenters. The van der Waals surface area contributed by atoms with Crippen molar-refractivity contribution < 1.29 is 33.0 Å². The molecule has 1 saturated heterocycles. The number of nitrogens with zero attached hydrogens (tertiary/aromatic N) is 2. The van der Waals surface area contributed by atoms with E-state index in [9.17, 15) is 14.4 Å². The number of carbonyl (C=O) groups excluding carboxylic acids is 3. The Labute approximate surface area is 216 Å². The third-order valence-electron chi connectivity index (χ3n) is 5.73. The van der Waals surface area contributed by atoms with Gasteiger partial charge in [-0.2, -0.15) is 0 Å². The minimum absolute atomic E-state index is 0.0597. The predicted octanol–water partition coefficient (Wildman–Crippen LogP) is 3.72. The van der Waals surface area contributed by atoms with E-state index in [1.807, 2.05) is 30.3 Å². The van der Waals surface area contributed by atoms with Crippen LogP contribution in [0.4, 0.5) is 4.79 Å². The molecule has 4 aromatic rings. The van der Waals surface area contributed by atoms with Crippen molar-refractivity contribution in [1.29, 1.82) is 0 Å². The number of benzene rings is 2. The summed E-state index contributed by atoms with van der Waals surface area (Å²) in [7, 11) is 1.43. The van der Waals surface area contributed by atoms with Crippen molar-refractivity contribution in [3.63, 3.8) is 0 Å². The van der Waals surface area contributed by atoms with E-state index in [1.165, 1.54) is 7.11 Å². The number of hydrogen-bond acceptors (Lipinski definition) is 9. The Bertz CT molecular complexity index is 1430. The number of rotatable bonds is 9. The minimum atomic E-state index is -1.95. The summed E-state index contributed by atoms with van der Waals surface area (Å²) in [4.78, 5) is 45.4. The molecule has 1 aliphatic heterocycles. The van der Waals surface area contributed by atoms with Crippen LogP contribution in [0, 0.1) is 0 Å². The van der Waals surface area contributed by atoms with Crippen molar-refractivity contribution in [2.24, 2.45) is 0 Å². The molecule has 0 unspecified atom stereocenters. The predicted molar refractivity (Wildman–Crippen MR) is 133 cm³/mol. The van der Waals surface area contributed by atoms with Crippen molar-refractivity contribution in [3.8, 4) is 40.1 Å². The van der Waals surface area contributed by atoms with Crippen LogP contribution in [0.2, 0.25) is 0 Å². The van der Waals surface area contributed by atoms with Gasteiger partial charge >= 0.3 is 6.03 Å². The molecule has 0 bridgehead atoms. The van der Waals surface area contributed by atoms with Gasteiger partial charge in [-0.15, -0.1) is 0 Å². The van der Waals surface area contributed by atoms with Gasteiger partial charge in [0.05, 0.1) is 12.3 Å². The van der Waals surface area contributed by atoms with Crippen LogP contribution in [0.3, 0.4) is 0 Å². The molecule has 4 amide bonds. The van der Waals surface area contributed by atoms with Crippen molar-refractivity contribution >= 4 is 17.8 Å². The number of methoxy groups -OCH3 is 1. The van der Waals surface area contributed by atoms with E-state index in [-0.39, 0.29) is 18.8 Å². The van der Waals surface area contributed by atoms with Gasteiger partial charge in [0.2, 0.25) is 5.89 Å². The third kappa shape index (κ3) is 5.08. The number of nitrogens with one attached hydrogen (secondary N) is 2. The first-order valence-corrected chi connectivity index (χ1v) is 11.6. The number of carbonyl (C=O) groups is 3. The maximum atomic E-state index is 12.5. The summed E-state index contributed by atoms with van der Waals surface area (Å²) in [5, 5.41) is 4.14. The second-order valence-corrected chi connectivity index (χ2v) is 8.26. The Morgan fingerprint density at radius 2 is 1.50 bits per heavy atom. The molecule has 2 N–H and O–H groups in total. The largest absolute Gasteiger partial charge is 0.467 e. The number of ether oxygens (including phenoxy) is 3. The maximum absolute atomic E-state index is 12.5. The second kappa shape index (κ2) is 10.5. The number of aromatic nitrogens is 2. The van der Waals surface area contributed by atoms with Gasteiger partial charge in [0.15, 0.2) is 0 Å². The molecule has 3 heterocycles. The molecular formula is C27H22N4O7. The van der Waals surface area contributed by atoms with Crippen LogP contribution in [0.5, 0.6) is 17.2 Å². The molecule has 11 nitrogen and oxygen atoms in total. The molecule has 192 valence electrons. The van der Waals surface area contributed by atoms with Crippen molar-refractivity contribution in [1.82, 2.24) is 20.6 Å². The average Bonchev–Trinajstić information content (AvgIpc) is 3.42. The molecule has 0 saturated carbocycles. The lowest BCUT2D eigenvalue weighted by molar-refractivity contribution is -0.153. The number of urea groups is 1. The highest BCUT2D eigenvalue weighted by Gasteiger charge is 2.52. The Balaban J connectivity index is 1.26. The zero-order valence-electron chi connectivity index (χ0n) is 20.2. The van der Waals surface area contributed by atoms with E-state index < -0.39 is 23.4 Å². The lowest BCUT2D eigenvalue weighted by Crippen LogP contribution is -2.69. The molecule has 11 heteroatoms. The van der Waals surface area contributed by atoms with E-state index in [0.717, 1.165) is 11.3 Å². The average molecular weight is 514 g/mol. The van der Waals surface area contributed by atoms with Gasteiger partial charge in [-0.1, -0.05) is 6.07 Å². The fourth-order valence-corrected chi connectivity index (χ4v) is 3.78. The molecular weight excluding hydrogens is 492 g/mol. The van der Waals surface area contributed by atoms with Crippen molar-refractivity contribution in [2.75, 3.05) is 13.7 Å². The molecule has 38 heavy (non-hydrogen) atoms. The summed E-state index contributed by atoms with van der Waals surface area (Å²) in [5.74, 6) is 0.0378. The molecule has 1 aliphatic rings. The zero-order valence-corrected chi connectivity index (χ0v) is 20.2. The van der Waals surface area contributed by atoms with E-state index in [4.69, 9.17) is 18.6 Å². The van der Waals surface area contributed by atoms with Gasteiger partial charge in [0.25, 0.3) is 17.4 Å². The topological polar surface area (TPSA) is 142 Å². The SMILES string of the molecule is COCCC1(Oc2ccc(Oc3ccc(-c4nc(-c5ccccn5)co4)cc3)cc2)C(=O)NC(=O)NC1=O. The molecule has 0 radical (unpaired) electrons. The summed E-state index contributed by atoms with van der Waals surface area (Å²) < 4.78 is 22.3. The lowest BCUT2D eigenvalue weighted by atomic mass is 9.95. The zero-order chi connectivity index (χ0) is 26.5. The molecule has 0 spiro atoms. The summed E-state index contributed by atoms with van der Waals surface area (Å²) in [5.41, 5.74) is 0.185. The number of amides is 4. The Hall–Kier alpha value is -5.03. The van der Waals surface area contributed by atoms with Gasteiger partial charge in [-0.25, -0.2) is 9.78 Å². The Kier molecular flexibility index (Phi) is 6.83. The highest BCUT2D eigenvalue weighted by atomic mass is 16.5. The Morgan fingerprint density at radius 1 is 0.842 bits per heavy atom. The third-order valence-corrected chi connectivity index (χ3v) is 5.73. The van der Waals surface area contributed by atoms with Crippen LogP contribution in [-0.2, 0) is 14.3 Å². The smallest absolute Gasteiger partial charge is 0.328 e. The first kappa shape index (κ1) is 24.7. The number of barbiturate groups is 1. The molecule has 5 rings (SSSR count). The lowest BCUT2D eigenvalue weighted by Gasteiger charge is -2.34. The van der Waals surface area contributed by atoms with Gasteiger partial charge in [-0.05, 0) is 60.7 Å². The van der Waals surface area contributed by atoms with Crippen LogP contribution in [0.1, 0.15) is 6.42 Å². The molecule has 2 aromatic carbocycles. The monoisotopic (exact) mass is 514 g/mol. The molecule has 2 aromatic heterocycles. The maximum Gasteiger partial charge on any atom is 0.328 e. The molecule has 1 fully saturated rings. The van der Waals surface area contributed by atoms with Crippen LogP contribution >= 0.6 is 0 Å². The standard InChI is InChI=1S/C27H22N4O7/c1-35-15-13-27(24(32)30-26(34)31-25(27)33)38-20-11-9-19(10-12-20)37-18-7-5-17(6-8-18)23-29-22(16-36-23)21-4-2-3-14-28-21/h2-12,14,16H,13,15H2,1H3,(H2,30,31,32,33,34). The van der Waals surface area contributed by atoms with E-state index in [0.29, 0.717) is 23.1 Å². The van der Waals surface area contributed by atoms with E-state index in [1.54, 1.807) is 48.9 Å². The van der Waals surface area contributed by atoms with Gasteiger partial charge < -0.3 is 18.6 Å². The number of pyridine rings is 1. The van der Waals surface area contributed by atoms with Gasteiger partial charge in [0.1, 0.15) is 29.2 Å². The van der Waals surface area contributed by atoms with Crippen LogP contribution in [0.15, 0.2) is 83.6 Å². The highest BCUT2D eigenvalue weighted by molar-refractivity contribution is 6.21. The first-order valence-electron chi connectivity index (χ1n) is 11.6.